The van der Waals surface area contributed by atoms with E-state index in [0.717, 1.165) is 0 Å². The Bertz CT molecular complexity index is 644. The second-order valence-electron chi connectivity index (χ2n) is 3.64. The van der Waals surface area contributed by atoms with E-state index in [2.05, 4.69) is 15.3 Å². The molecule has 5 nitrogen and oxygen atoms in total. The third kappa shape index (κ3) is 3.50. The van der Waals surface area contributed by atoms with Crippen molar-refractivity contribution in [2.75, 3.05) is 12.4 Å². The largest absolute Gasteiger partial charge is 0.496 e. The summed E-state index contributed by atoms with van der Waals surface area (Å²) in [5, 5.41) is 3.02. The maximum atomic E-state index is 12.2. The number of carbonyl (C=O) groups is 1. The molecule has 1 aromatic heterocycles. The van der Waals surface area contributed by atoms with Crippen LogP contribution in [0.4, 0.5) is 5.82 Å². The molecule has 0 unspecified atom stereocenters. The highest BCUT2D eigenvalue weighted by Gasteiger charge is 2.14. The average Bonchev–Trinajstić information content (AvgIpc) is 2.37. The van der Waals surface area contributed by atoms with E-state index < -0.39 is 5.91 Å². The Labute approximate surface area is 129 Å². The van der Waals surface area contributed by atoms with Crippen molar-refractivity contribution in [1.82, 2.24) is 9.97 Å². The number of rotatable bonds is 3. The number of carbonyl (C=O) groups excluding carboxylic acids is 1. The lowest BCUT2D eigenvalue weighted by molar-refractivity contribution is 0.102. The number of methoxy groups -OCH3 is 1. The van der Waals surface area contributed by atoms with Crippen molar-refractivity contribution in [3.63, 3.8) is 0 Å². The highest BCUT2D eigenvalue weighted by atomic mass is 35.5. The molecule has 1 amide bonds. The molecule has 0 aliphatic heterocycles. The van der Waals surface area contributed by atoms with Gasteiger partial charge >= 0.3 is 0 Å². The summed E-state index contributed by atoms with van der Waals surface area (Å²) in [6.07, 6.45) is 0. The van der Waals surface area contributed by atoms with Crippen LogP contribution in [0.2, 0.25) is 15.5 Å². The van der Waals surface area contributed by atoms with Crippen molar-refractivity contribution in [3.8, 4) is 5.75 Å². The average molecular weight is 333 g/mol. The maximum absolute atomic E-state index is 12.2. The van der Waals surface area contributed by atoms with E-state index in [4.69, 9.17) is 39.5 Å². The van der Waals surface area contributed by atoms with Crippen LogP contribution >= 0.6 is 34.8 Å². The van der Waals surface area contributed by atoms with Crippen LogP contribution in [0.25, 0.3) is 0 Å². The first-order chi connectivity index (χ1) is 9.49. The number of hydrogen-bond acceptors (Lipinski definition) is 4. The SMILES string of the molecule is COc1ccc(Cl)cc1C(=O)Nc1cc(Cl)nc(Cl)n1. The van der Waals surface area contributed by atoms with E-state index in [-0.39, 0.29) is 21.8 Å². The standard InChI is InChI=1S/C12H8Cl3N3O2/c1-20-8-3-2-6(13)4-7(8)11(19)17-10-5-9(14)16-12(15)18-10/h2-5H,1H3,(H,16,17,18,19). The predicted octanol–water partition coefficient (Wildman–Crippen LogP) is 3.70. The van der Waals surface area contributed by atoms with Gasteiger partial charge in [-0.1, -0.05) is 23.2 Å². The van der Waals surface area contributed by atoms with Crippen LogP contribution in [-0.4, -0.2) is 23.0 Å². The van der Waals surface area contributed by atoms with Gasteiger partial charge < -0.3 is 10.1 Å². The molecule has 0 saturated carbocycles. The molecule has 0 aliphatic carbocycles. The quantitative estimate of drug-likeness (QED) is 0.687. The molecule has 0 spiro atoms. The van der Waals surface area contributed by atoms with Gasteiger partial charge in [-0.15, -0.1) is 0 Å². The lowest BCUT2D eigenvalue weighted by atomic mass is 10.2. The number of benzene rings is 1. The van der Waals surface area contributed by atoms with Gasteiger partial charge in [-0.2, -0.15) is 0 Å². The van der Waals surface area contributed by atoms with Crippen molar-refractivity contribution < 1.29 is 9.53 Å². The molecular formula is C12H8Cl3N3O2. The molecule has 0 atom stereocenters. The van der Waals surface area contributed by atoms with Crippen molar-refractivity contribution in [1.29, 1.82) is 0 Å². The topological polar surface area (TPSA) is 64.1 Å². The van der Waals surface area contributed by atoms with E-state index >= 15 is 0 Å². The van der Waals surface area contributed by atoms with Gasteiger partial charge in [0.05, 0.1) is 12.7 Å². The molecule has 8 heteroatoms. The first-order valence-corrected chi connectivity index (χ1v) is 6.48. The number of hydrogen-bond donors (Lipinski definition) is 1. The molecule has 0 saturated heterocycles. The second-order valence-corrected chi connectivity index (χ2v) is 4.81. The van der Waals surface area contributed by atoms with Crippen LogP contribution in [0.1, 0.15) is 10.4 Å². The summed E-state index contributed by atoms with van der Waals surface area (Å²) in [6.45, 7) is 0. The highest BCUT2D eigenvalue weighted by Crippen LogP contribution is 2.24. The third-order valence-electron chi connectivity index (χ3n) is 2.32. The number of anilines is 1. The minimum atomic E-state index is -0.449. The highest BCUT2D eigenvalue weighted by molar-refractivity contribution is 6.32. The molecule has 1 heterocycles. The summed E-state index contributed by atoms with van der Waals surface area (Å²) in [6, 6.07) is 6.08. The van der Waals surface area contributed by atoms with Gasteiger partial charge in [0.15, 0.2) is 0 Å². The first-order valence-electron chi connectivity index (χ1n) is 5.34. The van der Waals surface area contributed by atoms with E-state index in [1.165, 1.54) is 19.2 Å². The van der Waals surface area contributed by atoms with E-state index in [0.29, 0.717) is 10.8 Å². The summed E-state index contributed by atoms with van der Waals surface area (Å²) >= 11 is 17.3. The molecule has 1 aromatic carbocycles. The van der Waals surface area contributed by atoms with Gasteiger partial charge in [-0.3, -0.25) is 4.79 Å². The van der Waals surface area contributed by atoms with Gasteiger partial charge in [-0.05, 0) is 29.8 Å². The molecule has 1 N–H and O–H groups in total. The van der Waals surface area contributed by atoms with E-state index in [9.17, 15) is 4.79 Å². The number of halogens is 3. The fourth-order valence-electron chi connectivity index (χ4n) is 1.50. The summed E-state index contributed by atoms with van der Waals surface area (Å²) < 4.78 is 5.10. The molecule has 104 valence electrons. The molecule has 2 rings (SSSR count). The summed E-state index contributed by atoms with van der Waals surface area (Å²) in [5.41, 5.74) is 0.269. The van der Waals surface area contributed by atoms with Crippen LogP contribution in [-0.2, 0) is 0 Å². The molecule has 0 fully saturated rings. The number of amides is 1. The van der Waals surface area contributed by atoms with E-state index in [1.807, 2.05) is 0 Å². The normalized spacial score (nSPS) is 10.2. The van der Waals surface area contributed by atoms with Gasteiger partial charge in [0, 0.05) is 11.1 Å². The Morgan fingerprint density at radius 1 is 1.20 bits per heavy atom. The minimum Gasteiger partial charge on any atom is -0.496 e. The monoisotopic (exact) mass is 331 g/mol. The predicted molar refractivity (Wildman–Crippen MR) is 78.0 cm³/mol. The smallest absolute Gasteiger partial charge is 0.260 e. The number of nitrogens with one attached hydrogen (secondary N) is 1. The fourth-order valence-corrected chi connectivity index (χ4v) is 2.08. The van der Waals surface area contributed by atoms with E-state index in [1.54, 1.807) is 12.1 Å². The molecule has 0 aliphatic rings. The second kappa shape index (κ2) is 6.26. The lowest BCUT2D eigenvalue weighted by Crippen LogP contribution is -2.14. The van der Waals surface area contributed by atoms with Crippen LogP contribution in [0, 0.1) is 0 Å². The van der Waals surface area contributed by atoms with Gasteiger partial charge in [0.2, 0.25) is 5.28 Å². The molecule has 20 heavy (non-hydrogen) atoms. The molecule has 2 aromatic rings. The maximum Gasteiger partial charge on any atom is 0.260 e. The fraction of sp³-hybridized carbons (Fsp3) is 0.0833. The summed E-state index contributed by atoms with van der Waals surface area (Å²) in [4.78, 5) is 19.7. The van der Waals surface area contributed by atoms with Crippen LogP contribution in [0.15, 0.2) is 24.3 Å². The zero-order valence-electron chi connectivity index (χ0n) is 10.2. The zero-order chi connectivity index (χ0) is 14.7. The van der Waals surface area contributed by atoms with Crippen LogP contribution in [0.5, 0.6) is 5.75 Å². The Kier molecular flexibility index (Phi) is 4.65. The zero-order valence-corrected chi connectivity index (χ0v) is 12.4. The Morgan fingerprint density at radius 3 is 2.60 bits per heavy atom. The van der Waals surface area contributed by atoms with Crippen LogP contribution < -0.4 is 10.1 Å². The number of aromatic nitrogens is 2. The van der Waals surface area contributed by atoms with Crippen molar-refractivity contribution in [3.05, 3.63) is 45.3 Å². The van der Waals surface area contributed by atoms with Crippen LogP contribution in [0.3, 0.4) is 0 Å². The number of ether oxygens (including phenoxy) is 1. The number of nitrogens with zero attached hydrogens (tertiary/aromatic N) is 2. The first kappa shape index (κ1) is 14.8. The van der Waals surface area contributed by atoms with Crippen molar-refractivity contribution in [2.24, 2.45) is 0 Å². The molecule has 0 radical (unpaired) electrons. The van der Waals surface area contributed by atoms with Gasteiger partial charge in [0.1, 0.15) is 16.7 Å². The van der Waals surface area contributed by atoms with Gasteiger partial charge in [0.25, 0.3) is 5.91 Å². The van der Waals surface area contributed by atoms with Gasteiger partial charge in [-0.25, -0.2) is 9.97 Å². The Balaban J connectivity index is 2.30. The Hall–Kier alpha value is -1.56. The summed E-state index contributed by atoms with van der Waals surface area (Å²) in [5.74, 6) is 0.121. The lowest BCUT2D eigenvalue weighted by Gasteiger charge is -2.09. The van der Waals surface area contributed by atoms with Crippen molar-refractivity contribution >= 4 is 46.5 Å². The minimum absolute atomic E-state index is 0.0640. The molecule has 0 bridgehead atoms. The van der Waals surface area contributed by atoms with Crippen molar-refractivity contribution in [2.45, 2.75) is 0 Å². The third-order valence-corrected chi connectivity index (χ3v) is 2.91. The molecular weight excluding hydrogens is 325 g/mol. The summed E-state index contributed by atoms with van der Waals surface area (Å²) in [7, 11) is 1.46. The Morgan fingerprint density at radius 2 is 1.95 bits per heavy atom.